The molecule has 1 aromatic rings. The van der Waals surface area contributed by atoms with Crippen molar-refractivity contribution in [3.8, 4) is 5.75 Å². The Bertz CT molecular complexity index is 1090. The molecule has 1 atom stereocenters. The number of amides is 1. The lowest BCUT2D eigenvalue weighted by Gasteiger charge is -2.24. The molecule has 2 fully saturated rings. The Kier molecular flexibility index (Phi) is 8.34. The summed E-state index contributed by atoms with van der Waals surface area (Å²) >= 11 is 0. The standard InChI is InChI=1S/C26H34F2N2O7/c1-7-35-13-16(23(32)36-8-2)21(31)15-11-17(27)20(22(34-6)19(15)28)30-12-18(26(14-30)9-10-26)29-24(33)37-25(3,4)5/h11,13,18H,7-10,12,14H2,1-6H3,(H,29,33)/b16-13-. The van der Waals surface area contributed by atoms with Crippen molar-refractivity contribution in [3.63, 3.8) is 0 Å². The van der Waals surface area contributed by atoms with E-state index in [9.17, 15) is 14.4 Å². The average Bonchev–Trinajstić information content (AvgIpc) is 3.50. The van der Waals surface area contributed by atoms with Gasteiger partial charge in [0.15, 0.2) is 17.4 Å². The van der Waals surface area contributed by atoms with E-state index < -0.39 is 52.0 Å². The molecule has 204 valence electrons. The highest BCUT2D eigenvalue weighted by Gasteiger charge is 2.56. The van der Waals surface area contributed by atoms with Gasteiger partial charge in [-0.3, -0.25) is 4.79 Å². The summed E-state index contributed by atoms with van der Waals surface area (Å²) in [6, 6.07) is 0.392. The molecular formula is C26H34F2N2O7. The Balaban J connectivity index is 1.93. The van der Waals surface area contributed by atoms with Gasteiger partial charge in [-0.25, -0.2) is 18.4 Å². The summed E-state index contributed by atoms with van der Waals surface area (Å²) < 4.78 is 51.6. The number of nitrogens with one attached hydrogen (secondary N) is 1. The lowest BCUT2D eigenvalue weighted by molar-refractivity contribution is -0.138. The van der Waals surface area contributed by atoms with Crippen molar-refractivity contribution < 1.29 is 42.1 Å². The highest BCUT2D eigenvalue weighted by Crippen LogP contribution is 2.55. The van der Waals surface area contributed by atoms with Gasteiger partial charge < -0.3 is 29.2 Å². The molecule has 0 radical (unpaired) electrons. The first kappa shape index (κ1) is 28.2. The van der Waals surface area contributed by atoms with Crippen LogP contribution in [0.1, 0.15) is 57.8 Å². The maximum absolute atomic E-state index is 15.6. The third-order valence-corrected chi connectivity index (χ3v) is 6.25. The number of benzene rings is 1. The van der Waals surface area contributed by atoms with Crippen molar-refractivity contribution in [2.24, 2.45) is 5.41 Å². The van der Waals surface area contributed by atoms with Crippen LogP contribution in [0, 0.1) is 17.0 Å². The van der Waals surface area contributed by atoms with Crippen LogP contribution in [0.2, 0.25) is 0 Å². The number of rotatable bonds is 9. The van der Waals surface area contributed by atoms with E-state index in [0.29, 0.717) is 6.54 Å². The zero-order chi connectivity index (χ0) is 27.5. The molecule has 9 nitrogen and oxygen atoms in total. The van der Waals surface area contributed by atoms with Gasteiger partial charge in [0.05, 0.1) is 31.9 Å². The molecule has 1 unspecified atom stereocenters. The third-order valence-electron chi connectivity index (χ3n) is 6.25. The quantitative estimate of drug-likeness (QED) is 0.128. The number of methoxy groups -OCH3 is 1. The zero-order valence-corrected chi connectivity index (χ0v) is 22.0. The molecule has 0 aromatic heterocycles. The number of esters is 1. The minimum atomic E-state index is -1.12. The molecule has 1 saturated carbocycles. The second-order valence-electron chi connectivity index (χ2n) is 10.1. The van der Waals surface area contributed by atoms with Gasteiger partial charge in [0, 0.05) is 18.5 Å². The topological polar surface area (TPSA) is 103 Å². The fourth-order valence-corrected chi connectivity index (χ4v) is 4.41. The van der Waals surface area contributed by atoms with Gasteiger partial charge in [-0.15, -0.1) is 0 Å². The molecule has 1 spiro atoms. The number of nitrogens with zero attached hydrogens (tertiary/aromatic N) is 1. The predicted molar refractivity (Wildman–Crippen MR) is 131 cm³/mol. The second-order valence-corrected chi connectivity index (χ2v) is 10.1. The number of carbonyl (C=O) groups excluding carboxylic acids is 3. The zero-order valence-electron chi connectivity index (χ0n) is 22.0. The van der Waals surface area contributed by atoms with Crippen molar-refractivity contribution in [1.29, 1.82) is 0 Å². The van der Waals surface area contributed by atoms with E-state index in [1.165, 1.54) is 0 Å². The minimum absolute atomic E-state index is 0.0239. The van der Waals surface area contributed by atoms with E-state index in [-0.39, 0.29) is 36.9 Å². The van der Waals surface area contributed by atoms with Crippen LogP contribution in [0.25, 0.3) is 0 Å². The average molecular weight is 525 g/mol. The van der Waals surface area contributed by atoms with Crippen LogP contribution >= 0.6 is 0 Å². The number of anilines is 1. The Morgan fingerprint density at radius 3 is 2.41 bits per heavy atom. The van der Waals surface area contributed by atoms with E-state index in [0.717, 1.165) is 32.3 Å². The van der Waals surface area contributed by atoms with Crippen molar-refractivity contribution in [3.05, 3.63) is 35.1 Å². The van der Waals surface area contributed by atoms with Gasteiger partial charge in [-0.05, 0) is 53.5 Å². The number of Topliss-reactive ketones (excluding diaryl/α,β-unsaturated/α-hetero) is 1. The first-order valence-corrected chi connectivity index (χ1v) is 12.2. The lowest BCUT2D eigenvalue weighted by atomic mass is 10.0. The maximum Gasteiger partial charge on any atom is 0.407 e. The van der Waals surface area contributed by atoms with Gasteiger partial charge in [0.2, 0.25) is 5.78 Å². The Hall–Kier alpha value is -3.37. The fourth-order valence-electron chi connectivity index (χ4n) is 4.41. The summed E-state index contributed by atoms with van der Waals surface area (Å²) in [5.41, 5.74) is -2.41. The fraction of sp³-hybridized carbons (Fsp3) is 0.577. The van der Waals surface area contributed by atoms with E-state index in [2.05, 4.69) is 5.32 Å². The summed E-state index contributed by atoms with van der Waals surface area (Å²) in [4.78, 5) is 39.3. The van der Waals surface area contributed by atoms with Crippen LogP contribution in [-0.2, 0) is 19.0 Å². The van der Waals surface area contributed by atoms with Crippen LogP contribution in [-0.4, -0.2) is 62.9 Å². The summed E-state index contributed by atoms with van der Waals surface area (Å²) in [7, 11) is 1.16. The highest BCUT2D eigenvalue weighted by atomic mass is 19.1. The van der Waals surface area contributed by atoms with E-state index >= 15 is 8.78 Å². The first-order chi connectivity index (χ1) is 17.4. The van der Waals surface area contributed by atoms with Gasteiger partial charge in [-0.2, -0.15) is 0 Å². The number of ketones is 1. The van der Waals surface area contributed by atoms with Crippen LogP contribution < -0.4 is 15.0 Å². The molecule has 37 heavy (non-hydrogen) atoms. The van der Waals surface area contributed by atoms with E-state index in [1.54, 1.807) is 39.5 Å². The smallest absolute Gasteiger partial charge is 0.407 e. The number of ether oxygens (including phenoxy) is 4. The van der Waals surface area contributed by atoms with Crippen molar-refractivity contribution in [2.75, 3.05) is 38.3 Å². The maximum atomic E-state index is 15.6. The molecule has 1 aromatic carbocycles. The van der Waals surface area contributed by atoms with Gasteiger partial charge >= 0.3 is 12.1 Å². The number of halogens is 2. The van der Waals surface area contributed by atoms with Crippen molar-refractivity contribution in [2.45, 2.75) is 59.1 Å². The Morgan fingerprint density at radius 1 is 1.19 bits per heavy atom. The SMILES string of the molecule is CCO/C=C(\C(=O)OCC)C(=O)c1cc(F)c(N2CC(NC(=O)OC(C)(C)C)C3(CC3)C2)c(OC)c1F. The van der Waals surface area contributed by atoms with Crippen LogP contribution in [0.3, 0.4) is 0 Å². The molecule has 1 N–H and O–H groups in total. The molecule has 1 saturated heterocycles. The van der Waals surface area contributed by atoms with Crippen LogP contribution in [0.15, 0.2) is 17.9 Å². The third kappa shape index (κ3) is 6.14. The molecule has 2 aliphatic rings. The molecule has 0 bridgehead atoms. The number of hydrogen-bond donors (Lipinski definition) is 1. The number of carbonyl (C=O) groups is 3. The van der Waals surface area contributed by atoms with Crippen molar-refractivity contribution in [1.82, 2.24) is 5.32 Å². The molecule has 1 aliphatic heterocycles. The van der Waals surface area contributed by atoms with Gasteiger partial charge in [0.1, 0.15) is 23.1 Å². The minimum Gasteiger partial charge on any atom is -0.500 e. The summed E-state index contributed by atoms with van der Waals surface area (Å²) in [6.45, 7) is 9.11. The van der Waals surface area contributed by atoms with Crippen molar-refractivity contribution >= 4 is 23.5 Å². The molecule has 11 heteroatoms. The molecule has 1 amide bonds. The Morgan fingerprint density at radius 2 is 1.86 bits per heavy atom. The van der Waals surface area contributed by atoms with E-state index in [4.69, 9.17) is 18.9 Å². The largest absolute Gasteiger partial charge is 0.500 e. The first-order valence-electron chi connectivity index (χ1n) is 12.2. The molecule has 1 aliphatic carbocycles. The molecule has 3 rings (SSSR count). The van der Waals surface area contributed by atoms with E-state index in [1.807, 2.05) is 0 Å². The number of alkyl carbamates (subject to hydrolysis) is 1. The summed E-state index contributed by atoms with van der Waals surface area (Å²) in [6.07, 6.45) is 1.90. The van der Waals surface area contributed by atoms with Gasteiger partial charge in [-0.1, -0.05) is 0 Å². The highest BCUT2D eigenvalue weighted by molar-refractivity contribution is 6.24. The van der Waals surface area contributed by atoms with Gasteiger partial charge in [0.25, 0.3) is 0 Å². The molecular weight excluding hydrogens is 490 g/mol. The van der Waals surface area contributed by atoms with Crippen LogP contribution in [0.5, 0.6) is 5.75 Å². The molecule has 1 heterocycles. The monoisotopic (exact) mass is 524 g/mol. The summed E-state index contributed by atoms with van der Waals surface area (Å²) in [5.74, 6) is -4.62. The summed E-state index contributed by atoms with van der Waals surface area (Å²) in [5, 5.41) is 2.86. The lowest BCUT2D eigenvalue weighted by Crippen LogP contribution is -2.44. The number of hydrogen-bond acceptors (Lipinski definition) is 8. The Labute approximate surface area is 215 Å². The second kappa shape index (κ2) is 10.9. The normalized spacial score (nSPS) is 18.4. The predicted octanol–water partition coefficient (Wildman–Crippen LogP) is 4.13. The van der Waals surface area contributed by atoms with Crippen LogP contribution in [0.4, 0.5) is 19.3 Å².